The molecule has 0 saturated carbocycles. The lowest BCUT2D eigenvalue weighted by Crippen LogP contribution is -2.19. The Morgan fingerprint density at radius 3 is 2.62 bits per heavy atom. The molecular formula is C17H18O4. The Hall–Kier alpha value is -2.20. The molecule has 1 heterocycles. The summed E-state index contributed by atoms with van der Waals surface area (Å²) in [6.07, 6.45) is -0.323. The van der Waals surface area contributed by atoms with Crippen molar-refractivity contribution < 1.29 is 19.3 Å². The minimum atomic E-state index is -0.584. The molecule has 0 fully saturated rings. The van der Waals surface area contributed by atoms with Crippen LogP contribution in [0.25, 0.3) is 0 Å². The summed E-state index contributed by atoms with van der Waals surface area (Å²) in [7, 11) is 3.24. The minimum Gasteiger partial charge on any atom is -0.497 e. The largest absolute Gasteiger partial charge is 0.497 e. The molecule has 0 bridgehead atoms. The molecule has 0 spiro atoms. The maximum atomic E-state index is 10.4. The molecule has 1 N–H and O–H groups in total. The van der Waals surface area contributed by atoms with Crippen LogP contribution in [0.5, 0.6) is 17.2 Å². The first-order valence-corrected chi connectivity index (χ1v) is 6.88. The summed E-state index contributed by atoms with van der Waals surface area (Å²) in [5.74, 6) is 2.17. The van der Waals surface area contributed by atoms with Crippen molar-refractivity contribution in [3.05, 3.63) is 53.6 Å². The fraction of sp³-hybridized carbons (Fsp3) is 0.294. The fourth-order valence-electron chi connectivity index (χ4n) is 2.68. The van der Waals surface area contributed by atoms with Crippen molar-refractivity contribution in [1.82, 2.24) is 0 Å². The zero-order valence-electron chi connectivity index (χ0n) is 12.1. The third kappa shape index (κ3) is 2.54. The molecule has 110 valence electrons. The monoisotopic (exact) mass is 286 g/mol. The van der Waals surface area contributed by atoms with Crippen LogP contribution in [0.15, 0.2) is 42.5 Å². The Labute approximate surface area is 123 Å². The van der Waals surface area contributed by atoms with E-state index < -0.39 is 6.10 Å². The first-order chi connectivity index (χ1) is 10.2. The topological polar surface area (TPSA) is 47.9 Å². The summed E-state index contributed by atoms with van der Waals surface area (Å²) in [4.78, 5) is 0. The molecule has 2 aromatic rings. The predicted molar refractivity (Wildman–Crippen MR) is 78.9 cm³/mol. The third-order valence-electron chi connectivity index (χ3n) is 3.77. The van der Waals surface area contributed by atoms with Gasteiger partial charge in [0.25, 0.3) is 0 Å². The number of rotatable bonds is 3. The lowest BCUT2D eigenvalue weighted by molar-refractivity contribution is 0.0642. The number of hydrogen-bond donors (Lipinski definition) is 1. The van der Waals surface area contributed by atoms with Gasteiger partial charge >= 0.3 is 0 Å². The molecule has 4 heteroatoms. The van der Waals surface area contributed by atoms with Crippen molar-refractivity contribution in [2.24, 2.45) is 0 Å². The Morgan fingerprint density at radius 1 is 1.05 bits per heavy atom. The summed E-state index contributed by atoms with van der Waals surface area (Å²) in [6, 6.07) is 13.2. The molecular weight excluding hydrogens is 268 g/mol. The lowest BCUT2D eigenvalue weighted by atomic mass is 9.94. The van der Waals surface area contributed by atoms with E-state index in [4.69, 9.17) is 14.2 Å². The van der Waals surface area contributed by atoms with Gasteiger partial charge in [-0.3, -0.25) is 0 Å². The molecule has 1 unspecified atom stereocenters. The highest BCUT2D eigenvalue weighted by molar-refractivity contribution is 5.45. The van der Waals surface area contributed by atoms with Crippen LogP contribution in [-0.4, -0.2) is 19.3 Å². The molecule has 0 aromatic heterocycles. The number of aliphatic hydroxyl groups is 1. The zero-order chi connectivity index (χ0) is 14.8. The number of methoxy groups -OCH3 is 2. The highest BCUT2D eigenvalue weighted by Crippen LogP contribution is 2.43. The van der Waals surface area contributed by atoms with Crippen LogP contribution in [-0.2, 0) is 0 Å². The van der Waals surface area contributed by atoms with E-state index in [-0.39, 0.29) is 6.10 Å². The second-order valence-electron chi connectivity index (χ2n) is 5.00. The standard InChI is InChI=1S/C17H18O4/c1-19-11-7-8-16-13(9-11)14(18)10-17(21-16)12-5-3-4-6-15(12)20-2/h3-9,14,17-18H,10H2,1-2H3/t14-,17?/m1/s1. The lowest BCUT2D eigenvalue weighted by Gasteiger charge is -2.30. The van der Waals surface area contributed by atoms with Crippen LogP contribution in [0, 0.1) is 0 Å². The smallest absolute Gasteiger partial charge is 0.130 e. The normalized spacial score (nSPS) is 20.3. The van der Waals surface area contributed by atoms with Crippen LogP contribution < -0.4 is 14.2 Å². The second kappa shape index (κ2) is 5.66. The van der Waals surface area contributed by atoms with E-state index >= 15 is 0 Å². The van der Waals surface area contributed by atoms with Gasteiger partial charge in [-0.2, -0.15) is 0 Å². The third-order valence-corrected chi connectivity index (χ3v) is 3.77. The molecule has 2 aromatic carbocycles. The Bertz CT molecular complexity index is 638. The molecule has 21 heavy (non-hydrogen) atoms. The SMILES string of the molecule is COc1ccc2c(c1)[C@H](O)CC(c1ccccc1OC)O2. The van der Waals surface area contributed by atoms with Crippen LogP contribution in [0.4, 0.5) is 0 Å². The first kappa shape index (κ1) is 13.8. The summed E-state index contributed by atoms with van der Waals surface area (Å²) in [6.45, 7) is 0. The van der Waals surface area contributed by atoms with Gasteiger partial charge in [0.1, 0.15) is 23.4 Å². The van der Waals surface area contributed by atoms with E-state index in [2.05, 4.69) is 0 Å². The number of aliphatic hydroxyl groups excluding tert-OH is 1. The van der Waals surface area contributed by atoms with Gasteiger partial charge in [-0.15, -0.1) is 0 Å². The highest BCUT2D eigenvalue weighted by atomic mass is 16.5. The summed E-state index contributed by atoms with van der Waals surface area (Å²) >= 11 is 0. The Morgan fingerprint density at radius 2 is 1.86 bits per heavy atom. The maximum Gasteiger partial charge on any atom is 0.130 e. The van der Waals surface area contributed by atoms with Crippen molar-refractivity contribution in [1.29, 1.82) is 0 Å². The van der Waals surface area contributed by atoms with Crippen molar-refractivity contribution in [2.75, 3.05) is 14.2 Å². The van der Waals surface area contributed by atoms with Crippen LogP contribution >= 0.6 is 0 Å². The summed E-state index contributed by atoms with van der Waals surface area (Å²) < 4.78 is 16.6. The molecule has 1 aliphatic rings. The van der Waals surface area contributed by atoms with Gasteiger partial charge in [-0.25, -0.2) is 0 Å². The highest BCUT2D eigenvalue weighted by Gasteiger charge is 2.30. The van der Waals surface area contributed by atoms with E-state index in [1.807, 2.05) is 42.5 Å². The number of hydrogen-bond acceptors (Lipinski definition) is 4. The van der Waals surface area contributed by atoms with E-state index in [1.54, 1.807) is 14.2 Å². The van der Waals surface area contributed by atoms with Gasteiger partial charge in [0.05, 0.1) is 20.3 Å². The molecule has 0 saturated heterocycles. The minimum absolute atomic E-state index is 0.225. The molecule has 2 atom stereocenters. The van der Waals surface area contributed by atoms with Crippen LogP contribution in [0.3, 0.4) is 0 Å². The van der Waals surface area contributed by atoms with Crippen molar-refractivity contribution in [3.8, 4) is 17.2 Å². The zero-order valence-corrected chi connectivity index (χ0v) is 12.1. The Kier molecular flexibility index (Phi) is 3.71. The summed E-state index contributed by atoms with van der Waals surface area (Å²) in [5.41, 5.74) is 1.71. The van der Waals surface area contributed by atoms with E-state index in [9.17, 15) is 5.11 Å². The van der Waals surface area contributed by atoms with Crippen molar-refractivity contribution >= 4 is 0 Å². The van der Waals surface area contributed by atoms with E-state index in [0.29, 0.717) is 17.9 Å². The number of benzene rings is 2. The maximum absolute atomic E-state index is 10.4. The second-order valence-corrected chi connectivity index (χ2v) is 5.00. The molecule has 0 aliphatic carbocycles. The van der Waals surface area contributed by atoms with Crippen LogP contribution in [0.1, 0.15) is 29.8 Å². The van der Waals surface area contributed by atoms with Gasteiger partial charge in [0.15, 0.2) is 0 Å². The number of para-hydroxylation sites is 1. The Balaban J connectivity index is 1.95. The predicted octanol–water partition coefficient (Wildman–Crippen LogP) is 3.26. The average Bonchev–Trinajstić information content (AvgIpc) is 2.54. The van der Waals surface area contributed by atoms with Crippen LogP contribution in [0.2, 0.25) is 0 Å². The average molecular weight is 286 g/mol. The summed E-state index contributed by atoms with van der Waals surface area (Å²) in [5, 5.41) is 10.4. The van der Waals surface area contributed by atoms with Gasteiger partial charge in [0, 0.05) is 17.5 Å². The van der Waals surface area contributed by atoms with Crippen molar-refractivity contribution in [3.63, 3.8) is 0 Å². The molecule has 4 nitrogen and oxygen atoms in total. The first-order valence-electron chi connectivity index (χ1n) is 6.88. The van der Waals surface area contributed by atoms with Gasteiger partial charge < -0.3 is 19.3 Å². The number of ether oxygens (including phenoxy) is 3. The molecule has 1 aliphatic heterocycles. The molecule has 0 radical (unpaired) electrons. The van der Waals surface area contributed by atoms with Gasteiger partial charge in [-0.05, 0) is 24.3 Å². The molecule has 3 rings (SSSR count). The van der Waals surface area contributed by atoms with Crippen molar-refractivity contribution in [2.45, 2.75) is 18.6 Å². The van der Waals surface area contributed by atoms with E-state index in [1.165, 1.54) is 0 Å². The van der Waals surface area contributed by atoms with Gasteiger partial charge in [-0.1, -0.05) is 18.2 Å². The van der Waals surface area contributed by atoms with E-state index in [0.717, 1.165) is 16.9 Å². The fourth-order valence-corrected chi connectivity index (χ4v) is 2.68. The molecule has 0 amide bonds. The number of fused-ring (bicyclic) bond motifs is 1. The van der Waals surface area contributed by atoms with Gasteiger partial charge in [0.2, 0.25) is 0 Å². The quantitative estimate of drug-likeness (QED) is 0.941.